The Kier molecular flexibility index (Phi) is 2.86. The Morgan fingerprint density at radius 3 is 2.32 bits per heavy atom. The molecule has 1 atom stereocenters. The molecule has 5 rings (SSSR count). The van der Waals surface area contributed by atoms with E-state index in [1.165, 1.54) is 38.5 Å². The van der Waals surface area contributed by atoms with Gasteiger partial charge in [-0.1, -0.05) is 11.6 Å². The molecule has 4 aliphatic rings. The van der Waals surface area contributed by atoms with Gasteiger partial charge in [0.15, 0.2) is 5.13 Å². The number of halogens is 1. The molecule has 1 aromatic heterocycles. The SMILES string of the molecule is CC(Nc1nc(Cl)cs1)C12CC3CC(CC(C3)C1)C2. The van der Waals surface area contributed by atoms with Crippen LogP contribution in [0.15, 0.2) is 5.38 Å². The van der Waals surface area contributed by atoms with E-state index in [9.17, 15) is 0 Å². The number of hydrogen-bond acceptors (Lipinski definition) is 3. The summed E-state index contributed by atoms with van der Waals surface area (Å²) >= 11 is 7.55. The van der Waals surface area contributed by atoms with Crippen molar-refractivity contribution in [3.05, 3.63) is 10.5 Å². The lowest BCUT2D eigenvalue weighted by molar-refractivity contribution is -0.0602. The highest BCUT2D eigenvalue weighted by Gasteiger charge is 2.53. The Labute approximate surface area is 124 Å². The van der Waals surface area contributed by atoms with Gasteiger partial charge in [0, 0.05) is 11.4 Å². The average molecular weight is 297 g/mol. The molecule has 104 valence electrons. The molecule has 4 fully saturated rings. The Morgan fingerprint density at radius 1 is 1.26 bits per heavy atom. The van der Waals surface area contributed by atoms with Crippen LogP contribution < -0.4 is 5.32 Å². The molecular weight excluding hydrogens is 276 g/mol. The Morgan fingerprint density at radius 2 is 1.84 bits per heavy atom. The van der Waals surface area contributed by atoms with Gasteiger partial charge >= 0.3 is 0 Å². The number of thiazole rings is 1. The molecule has 19 heavy (non-hydrogen) atoms. The second-order valence-electron chi connectivity index (χ2n) is 7.12. The molecular formula is C15H21ClN2S. The largest absolute Gasteiger partial charge is 0.358 e. The van der Waals surface area contributed by atoms with Crippen LogP contribution in [0, 0.1) is 23.2 Å². The number of anilines is 1. The normalized spacial score (nSPS) is 41.5. The van der Waals surface area contributed by atoms with Crippen LogP contribution in [0.5, 0.6) is 0 Å². The maximum absolute atomic E-state index is 5.92. The van der Waals surface area contributed by atoms with E-state index in [0.29, 0.717) is 16.6 Å². The third-order valence-electron chi connectivity index (χ3n) is 5.82. The Hall–Kier alpha value is -0.280. The van der Waals surface area contributed by atoms with Crippen LogP contribution in [0.2, 0.25) is 5.15 Å². The summed E-state index contributed by atoms with van der Waals surface area (Å²) in [6, 6.07) is 0.531. The summed E-state index contributed by atoms with van der Waals surface area (Å²) in [6.07, 6.45) is 8.84. The second kappa shape index (κ2) is 4.36. The van der Waals surface area contributed by atoms with Crippen LogP contribution in [-0.2, 0) is 0 Å². The maximum atomic E-state index is 5.92. The van der Waals surface area contributed by atoms with E-state index in [-0.39, 0.29) is 0 Å². The predicted molar refractivity (Wildman–Crippen MR) is 80.8 cm³/mol. The number of rotatable bonds is 3. The molecule has 4 heteroatoms. The van der Waals surface area contributed by atoms with Crippen molar-refractivity contribution in [3.63, 3.8) is 0 Å². The van der Waals surface area contributed by atoms with Crippen molar-refractivity contribution in [2.45, 2.75) is 51.5 Å². The lowest BCUT2D eigenvalue weighted by atomic mass is 9.48. The van der Waals surface area contributed by atoms with Crippen LogP contribution in [0.25, 0.3) is 0 Å². The van der Waals surface area contributed by atoms with Crippen LogP contribution in [0.3, 0.4) is 0 Å². The van der Waals surface area contributed by atoms with E-state index in [1.54, 1.807) is 11.3 Å². The van der Waals surface area contributed by atoms with Crippen molar-refractivity contribution in [2.24, 2.45) is 23.2 Å². The Bertz CT molecular complexity index is 449. The van der Waals surface area contributed by atoms with E-state index in [1.807, 2.05) is 5.38 Å². The third kappa shape index (κ3) is 2.09. The number of nitrogens with one attached hydrogen (secondary N) is 1. The topological polar surface area (TPSA) is 24.9 Å². The van der Waals surface area contributed by atoms with Gasteiger partial charge in [-0.25, -0.2) is 4.98 Å². The average Bonchev–Trinajstić information content (AvgIpc) is 2.73. The summed E-state index contributed by atoms with van der Waals surface area (Å²) in [4.78, 5) is 4.35. The van der Waals surface area contributed by atoms with E-state index < -0.39 is 0 Å². The number of hydrogen-bond donors (Lipinski definition) is 1. The van der Waals surface area contributed by atoms with Gasteiger partial charge in [-0.05, 0) is 68.6 Å². The van der Waals surface area contributed by atoms with Crippen molar-refractivity contribution in [1.29, 1.82) is 0 Å². The molecule has 4 aliphatic carbocycles. The van der Waals surface area contributed by atoms with Crippen molar-refractivity contribution >= 4 is 28.1 Å². The van der Waals surface area contributed by atoms with Crippen molar-refractivity contribution in [1.82, 2.24) is 4.98 Å². The van der Waals surface area contributed by atoms with Gasteiger partial charge in [0.2, 0.25) is 0 Å². The summed E-state index contributed by atoms with van der Waals surface area (Å²) in [7, 11) is 0. The van der Waals surface area contributed by atoms with Gasteiger partial charge in [-0.15, -0.1) is 11.3 Å². The minimum Gasteiger partial charge on any atom is -0.358 e. The second-order valence-corrected chi connectivity index (χ2v) is 8.37. The summed E-state index contributed by atoms with van der Waals surface area (Å²) < 4.78 is 0. The first-order chi connectivity index (χ1) is 9.13. The van der Waals surface area contributed by atoms with Crippen LogP contribution in [0.1, 0.15) is 45.4 Å². The first-order valence-electron chi connectivity index (χ1n) is 7.50. The standard InChI is InChI=1S/C15H21ClN2S/c1-9(17-14-18-13(16)8-19-14)15-5-10-2-11(6-15)4-12(3-10)7-15/h8-12H,2-7H2,1H3,(H,17,18). The highest BCUT2D eigenvalue weighted by atomic mass is 35.5. The first-order valence-corrected chi connectivity index (χ1v) is 8.76. The van der Waals surface area contributed by atoms with Gasteiger partial charge in [0.25, 0.3) is 0 Å². The fraction of sp³-hybridized carbons (Fsp3) is 0.800. The van der Waals surface area contributed by atoms with E-state index in [2.05, 4.69) is 17.2 Å². The van der Waals surface area contributed by atoms with Gasteiger partial charge in [-0.3, -0.25) is 0 Å². The predicted octanol–water partition coefficient (Wildman–Crippen LogP) is 4.81. The van der Waals surface area contributed by atoms with E-state index in [0.717, 1.165) is 22.9 Å². The fourth-order valence-electron chi connectivity index (χ4n) is 5.37. The van der Waals surface area contributed by atoms with Crippen LogP contribution in [0.4, 0.5) is 5.13 Å². The van der Waals surface area contributed by atoms with Crippen molar-refractivity contribution in [3.8, 4) is 0 Å². The Balaban J connectivity index is 1.54. The third-order valence-corrected chi connectivity index (χ3v) is 6.92. The highest BCUT2D eigenvalue weighted by molar-refractivity contribution is 7.14. The van der Waals surface area contributed by atoms with Gasteiger partial charge in [0.05, 0.1) is 0 Å². The first kappa shape index (κ1) is 12.5. The molecule has 0 aliphatic heterocycles. The lowest BCUT2D eigenvalue weighted by Gasteiger charge is -2.59. The molecule has 2 nitrogen and oxygen atoms in total. The van der Waals surface area contributed by atoms with Crippen molar-refractivity contribution in [2.75, 3.05) is 5.32 Å². The van der Waals surface area contributed by atoms with Gasteiger partial charge in [0.1, 0.15) is 5.15 Å². The molecule has 0 amide bonds. The summed E-state index contributed by atoms with van der Waals surface area (Å²) in [5.74, 6) is 3.03. The zero-order valence-corrected chi connectivity index (χ0v) is 12.9. The fourth-order valence-corrected chi connectivity index (χ4v) is 6.29. The molecule has 0 aromatic carbocycles. The van der Waals surface area contributed by atoms with Crippen LogP contribution >= 0.6 is 22.9 Å². The molecule has 4 bridgehead atoms. The maximum Gasteiger partial charge on any atom is 0.184 e. The molecule has 1 heterocycles. The minimum absolute atomic E-state index is 0.531. The molecule has 1 unspecified atom stereocenters. The minimum atomic E-state index is 0.531. The van der Waals surface area contributed by atoms with E-state index in [4.69, 9.17) is 11.6 Å². The number of aromatic nitrogens is 1. The summed E-state index contributed by atoms with van der Waals surface area (Å²) in [5.41, 5.74) is 0.535. The smallest absolute Gasteiger partial charge is 0.184 e. The zero-order chi connectivity index (χ0) is 13.0. The molecule has 1 aromatic rings. The van der Waals surface area contributed by atoms with Gasteiger partial charge < -0.3 is 5.32 Å². The molecule has 0 radical (unpaired) electrons. The lowest BCUT2D eigenvalue weighted by Crippen LogP contribution is -2.52. The molecule has 0 saturated heterocycles. The highest BCUT2D eigenvalue weighted by Crippen LogP contribution is 2.61. The quantitative estimate of drug-likeness (QED) is 0.865. The van der Waals surface area contributed by atoms with Crippen molar-refractivity contribution < 1.29 is 0 Å². The summed E-state index contributed by atoms with van der Waals surface area (Å²) in [6.45, 7) is 2.36. The molecule has 0 spiro atoms. The molecule has 1 N–H and O–H groups in total. The van der Waals surface area contributed by atoms with Gasteiger partial charge in [-0.2, -0.15) is 0 Å². The molecule has 4 saturated carbocycles. The summed E-state index contributed by atoms with van der Waals surface area (Å²) in [5, 5.41) is 7.17. The van der Waals surface area contributed by atoms with Crippen LogP contribution in [-0.4, -0.2) is 11.0 Å². The number of nitrogens with zero attached hydrogens (tertiary/aromatic N) is 1. The van der Waals surface area contributed by atoms with E-state index >= 15 is 0 Å². The zero-order valence-electron chi connectivity index (χ0n) is 11.4. The monoisotopic (exact) mass is 296 g/mol.